The fraction of sp³-hybridized carbons (Fsp3) is 0.840. The summed E-state index contributed by atoms with van der Waals surface area (Å²) in [5.74, 6) is 1.34. The fourth-order valence-corrected chi connectivity index (χ4v) is 4.64. The molecule has 0 aromatic carbocycles. The molecule has 0 amide bonds. The van der Waals surface area contributed by atoms with Crippen molar-refractivity contribution in [1.82, 2.24) is 4.90 Å². The lowest BCUT2D eigenvalue weighted by Crippen LogP contribution is -2.49. The summed E-state index contributed by atoms with van der Waals surface area (Å²) in [6.07, 6.45) is 13.3. The molecule has 2 aliphatic rings. The van der Waals surface area contributed by atoms with Crippen molar-refractivity contribution >= 4 is 0 Å². The average molecular weight is 392 g/mol. The van der Waals surface area contributed by atoms with Crippen LogP contribution in [0.5, 0.6) is 0 Å². The smallest absolute Gasteiger partial charge is 0.113 e. The molecule has 2 heterocycles. The summed E-state index contributed by atoms with van der Waals surface area (Å²) in [5, 5.41) is 0. The molecule has 3 nitrogen and oxygen atoms in total. The number of hydrogen-bond acceptors (Lipinski definition) is 3. The van der Waals surface area contributed by atoms with Gasteiger partial charge in [0.1, 0.15) is 12.5 Å². The highest BCUT2D eigenvalue weighted by Gasteiger charge is 2.54. The van der Waals surface area contributed by atoms with E-state index in [0.29, 0.717) is 11.8 Å². The highest BCUT2D eigenvalue weighted by Crippen LogP contribution is 2.42. The highest BCUT2D eigenvalue weighted by molar-refractivity contribution is 5.02. The normalized spacial score (nSPS) is 29.4. The largest absolute Gasteiger partial charge is 0.361 e. The van der Waals surface area contributed by atoms with Crippen LogP contribution in [-0.2, 0) is 9.47 Å². The van der Waals surface area contributed by atoms with Gasteiger partial charge in [-0.25, -0.2) is 4.90 Å². The summed E-state index contributed by atoms with van der Waals surface area (Å²) in [6, 6.07) is 0. The maximum atomic E-state index is 6.36. The number of ether oxygens (including phenoxy) is 2. The van der Waals surface area contributed by atoms with Crippen molar-refractivity contribution < 1.29 is 9.47 Å². The molecule has 0 spiro atoms. The second-order valence-corrected chi connectivity index (χ2v) is 9.92. The molecule has 2 rings (SSSR count). The first kappa shape index (κ1) is 23.6. The SMILES string of the molecule is CCC12COC(CC(C)CCC=C(C)C)N1C(CC(C)CCC=C(C)C)OC2. The lowest BCUT2D eigenvalue weighted by atomic mass is 9.94. The van der Waals surface area contributed by atoms with E-state index < -0.39 is 0 Å². The van der Waals surface area contributed by atoms with Crippen LogP contribution >= 0.6 is 0 Å². The summed E-state index contributed by atoms with van der Waals surface area (Å²) in [5.41, 5.74) is 2.95. The maximum Gasteiger partial charge on any atom is 0.113 e. The van der Waals surface area contributed by atoms with Crippen LogP contribution in [0.3, 0.4) is 0 Å². The highest BCUT2D eigenvalue weighted by atomic mass is 16.6. The summed E-state index contributed by atoms with van der Waals surface area (Å²) in [4.78, 5) is 2.63. The second kappa shape index (κ2) is 10.9. The molecule has 4 atom stereocenters. The molecule has 0 aliphatic carbocycles. The third-order valence-corrected chi connectivity index (χ3v) is 6.55. The van der Waals surface area contributed by atoms with Gasteiger partial charge in [0.05, 0.1) is 18.8 Å². The number of allylic oxidation sites excluding steroid dienone is 4. The van der Waals surface area contributed by atoms with Gasteiger partial charge in [-0.2, -0.15) is 0 Å². The van der Waals surface area contributed by atoms with Crippen LogP contribution in [0.4, 0.5) is 0 Å². The molecule has 0 bridgehead atoms. The zero-order chi connectivity index (χ0) is 20.7. The number of nitrogens with zero attached hydrogens (tertiary/aromatic N) is 1. The van der Waals surface area contributed by atoms with E-state index in [2.05, 4.69) is 65.5 Å². The topological polar surface area (TPSA) is 21.7 Å². The van der Waals surface area contributed by atoms with E-state index in [1.807, 2.05) is 0 Å². The molecule has 162 valence electrons. The Hall–Kier alpha value is -0.640. The Bertz CT molecular complexity index is 489. The van der Waals surface area contributed by atoms with Crippen LogP contribution in [0, 0.1) is 11.8 Å². The third kappa shape index (κ3) is 6.43. The Balaban J connectivity index is 1.94. The first-order chi connectivity index (χ1) is 13.3. The maximum absolute atomic E-state index is 6.36. The molecular weight excluding hydrogens is 346 g/mol. The lowest BCUT2D eigenvalue weighted by molar-refractivity contribution is -0.0746. The second-order valence-electron chi connectivity index (χ2n) is 9.92. The molecule has 3 heteroatoms. The van der Waals surface area contributed by atoms with E-state index in [1.54, 1.807) is 0 Å². The molecule has 28 heavy (non-hydrogen) atoms. The predicted octanol–water partition coefficient (Wildman–Crippen LogP) is 6.70. The van der Waals surface area contributed by atoms with Gasteiger partial charge in [0.25, 0.3) is 0 Å². The van der Waals surface area contributed by atoms with Crippen LogP contribution < -0.4 is 0 Å². The zero-order valence-electron chi connectivity index (χ0n) is 19.6. The van der Waals surface area contributed by atoms with Crippen LogP contribution in [0.15, 0.2) is 23.3 Å². The van der Waals surface area contributed by atoms with Gasteiger partial charge in [-0.15, -0.1) is 0 Å². The van der Waals surface area contributed by atoms with Gasteiger partial charge in [-0.05, 0) is 84.5 Å². The van der Waals surface area contributed by atoms with Crippen molar-refractivity contribution in [2.24, 2.45) is 11.8 Å². The number of rotatable bonds is 11. The molecule has 0 saturated carbocycles. The molecule has 0 radical (unpaired) electrons. The first-order valence-corrected chi connectivity index (χ1v) is 11.6. The molecule has 2 fully saturated rings. The summed E-state index contributed by atoms with van der Waals surface area (Å²) in [6.45, 7) is 17.5. The quantitative estimate of drug-likeness (QED) is 0.366. The van der Waals surface area contributed by atoms with Gasteiger partial charge in [-0.3, -0.25) is 0 Å². The minimum atomic E-state index is 0.106. The molecule has 0 aromatic heterocycles. The number of hydrogen-bond donors (Lipinski definition) is 0. The molecule has 2 aliphatic heterocycles. The van der Waals surface area contributed by atoms with Gasteiger partial charge in [-0.1, -0.05) is 44.1 Å². The third-order valence-electron chi connectivity index (χ3n) is 6.55. The molecule has 2 saturated heterocycles. The molecular formula is C25H45NO2. The van der Waals surface area contributed by atoms with Crippen molar-refractivity contribution in [3.63, 3.8) is 0 Å². The first-order valence-electron chi connectivity index (χ1n) is 11.6. The Morgan fingerprint density at radius 1 is 0.893 bits per heavy atom. The Morgan fingerprint density at radius 2 is 1.32 bits per heavy atom. The van der Waals surface area contributed by atoms with Crippen LogP contribution in [0.2, 0.25) is 0 Å². The summed E-state index contributed by atoms with van der Waals surface area (Å²) in [7, 11) is 0. The predicted molar refractivity (Wildman–Crippen MR) is 119 cm³/mol. The van der Waals surface area contributed by atoms with E-state index in [-0.39, 0.29) is 18.0 Å². The average Bonchev–Trinajstić information content (AvgIpc) is 3.14. The van der Waals surface area contributed by atoms with E-state index in [0.717, 1.165) is 32.5 Å². The van der Waals surface area contributed by atoms with Gasteiger partial charge in [0.2, 0.25) is 0 Å². The fourth-order valence-electron chi connectivity index (χ4n) is 4.64. The Kier molecular flexibility index (Phi) is 9.24. The molecule has 0 aromatic rings. The zero-order valence-corrected chi connectivity index (χ0v) is 19.6. The standard InChI is InChI=1S/C25H45NO2/c1-8-25-17-27-23(15-21(6)13-9-11-19(2)3)26(25)24(28-18-25)16-22(7)14-10-12-20(4)5/h11-12,21-24H,8-10,13-18H2,1-7H3. The van der Waals surface area contributed by atoms with Crippen molar-refractivity contribution in [3.05, 3.63) is 23.3 Å². The van der Waals surface area contributed by atoms with E-state index >= 15 is 0 Å². The monoisotopic (exact) mass is 391 g/mol. The summed E-state index contributed by atoms with van der Waals surface area (Å²) >= 11 is 0. The minimum absolute atomic E-state index is 0.106. The van der Waals surface area contributed by atoms with Crippen LogP contribution in [-0.4, -0.2) is 36.1 Å². The van der Waals surface area contributed by atoms with Gasteiger partial charge >= 0.3 is 0 Å². The lowest BCUT2D eigenvalue weighted by Gasteiger charge is -2.35. The van der Waals surface area contributed by atoms with Crippen LogP contribution in [0.25, 0.3) is 0 Å². The van der Waals surface area contributed by atoms with Crippen molar-refractivity contribution in [2.45, 2.75) is 111 Å². The Labute approximate surface area is 174 Å². The number of fused-ring (bicyclic) bond motifs is 1. The van der Waals surface area contributed by atoms with Gasteiger partial charge in [0, 0.05) is 0 Å². The minimum Gasteiger partial charge on any atom is -0.361 e. The van der Waals surface area contributed by atoms with E-state index in [9.17, 15) is 0 Å². The van der Waals surface area contributed by atoms with E-state index in [1.165, 1.54) is 36.8 Å². The molecule has 4 unspecified atom stereocenters. The van der Waals surface area contributed by atoms with Crippen molar-refractivity contribution in [3.8, 4) is 0 Å². The van der Waals surface area contributed by atoms with Crippen molar-refractivity contribution in [1.29, 1.82) is 0 Å². The van der Waals surface area contributed by atoms with Gasteiger partial charge < -0.3 is 9.47 Å². The van der Waals surface area contributed by atoms with Crippen LogP contribution in [0.1, 0.15) is 93.4 Å². The Morgan fingerprint density at radius 3 is 1.68 bits per heavy atom. The summed E-state index contributed by atoms with van der Waals surface area (Å²) < 4.78 is 12.7. The van der Waals surface area contributed by atoms with Gasteiger partial charge in [0.15, 0.2) is 0 Å². The molecule has 0 N–H and O–H groups in total. The van der Waals surface area contributed by atoms with E-state index in [4.69, 9.17) is 9.47 Å². The van der Waals surface area contributed by atoms with Crippen molar-refractivity contribution in [2.75, 3.05) is 13.2 Å².